The highest BCUT2D eigenvalue weighted by Crippen LogP contribution is 2.36. The van der Waals surface area contributed by atoms with Crippen LogP contribution in [0.25, 0.3) is 0 Å². The standard InChI is InChI=1S/C13H21NO4S/c1-7(2)12-14(9(6-19-12)13(16)17)11(15)10-8(3)4-5-18-10/h7-10,12H,4-6H2,1-3H3,(H,16,17). The van der Waals surface area contributed by atoms with Crippen LogP contribution in [-0.4, -0.2) is 51.8 Å². The first kappa shape index (κ1) is 14.7. The number of thioether (sulfide) groups is 1. The molecule has 0 aromatic rings. The van der Waals surface area contributed by atoms with Gasteiger partial charge in [-0.25, -0.2) is 4.79 Å². The zero-order valence-corrected chi connectivity index (χ0v) is 12.4. The minimum atomic E-state index is -0.922. The van der Waals surface area contributed by atoms with Crippen LogP contribution in [0.5, 0.6) is 0 Å². The summed E-state index contributed by atoms with van der Waals surface area (Å²) in [6.07, 6.45) is 0.392. The molecule has 108 valence electrons. The van der Waals surface area contributed by atoms with Crippen molar-refractivity contribution in [1.82, 2.24) is 4.90 Å². The SMILES string of the molecule is CC(C)C1SCC(C(=O)O)N1C(=O)C1OCCC1C. The first-order valence-corrected chi connectivity index (χ1v) is 7.76. The summed E-state index contributed by atoms with van der Waals surface area (Å²) in [5, 5.41) is 9.23. The molecule has 2 rings (SSSR count). The van der Waals surface area contributed by atoms with Gasteiger partial charge in [-0.2, -0.15) is 0 Å². The normalized spacial score (nSPS) is 35.1. The number of aliphatic carboxylic acids is 1. The fourth-order valence-electron chi connectivity index (χ4n) is 2.67. The van der Waals surface area contributed by atoms with Gasteiger partial charge in [0.2, 0.25) is 0 Å². The first-order chi connectivity index (χ1) is 8.93. The maximum atomic E-state index is 12.6. The quantitative estimate of drug-likeness (QED) is 0.850. The van der Waals surface area contributed by atoms with E-state index in [1.807, 2.05) is 20.8 Å². The van der Waals surface area contributed by atoms with Gasteiger partial charge in [-0.05, 0) is 18.3 Å². The summed E-state index contributed by atoms with van der Waals surface area (Å²) in [7, 11) is 0. The number of carbonyl (C=O) groups excluding carboxylic acids is 1. The Balaban J connectivity index is 2.20. The Morgan fingerprint density at radius 3 is 2.58 bits per heavy atom. The molecule has 0 aromatic heterocycles. The molecule has 5 nitrogen and oxygen atoms in total. The molecule has 1 N–H and O–H groups in total. The van der Waals surface area contributed by atoms with Gasteiger partial charge in [-0.15, -0.1) is 11.8 Å². The van der Waals surface area contributed by atoms with Crippen LogP contribution in [0.1, 0.15) is 27.2 Å². The van der Waals surface area contributed by atoms with E-state index in [1.165, 1.54) is 0 Å². The number of rotatable bonds is 3. The second kappa shape index (κ2) is 5.71. The fourth-order valence-corrected chi connectivity index (χ4v) is 4.15. The maximum absolute atomic E-state index is 12.6. The lowest BCUT2D eigenvalue weighted by Crippen LogP contribution is -2.51. The van der Waals surface area contributed by atoms with Crippen LogP contribution in [0.15, 0.2) is 0 Å². The zero-order valence-electron chi connectivity index (χ0n) is 11.5. The van der Waals surface area contributed by atoms with Crippen LogP contribution < -0.4 is 0 Å². The molecule has 2 fully saturated rings. The Morgan fingerprint density at radius 2 is 2.11 bits per heavy atom. The molecule has 2 heterocycles. The van der Waals surface area contributed by atoms with E-state index in [2.05, 4.69) is 0 Å². The summed E-state index contributed by atoms with van der Waals surface area (Å²) in [6.45, 7) is 6.60. The molecule has 4 unspecified atom stereocenters. The number of carboxylic acids is 1. The van der Waals surface area contributed by atoms with E-state index in [9.17, 15) is 14.7 Å². The lowest BCUT2D eigenvalue weighted by molar-refractivity contribution is -0.155. The van der Waals surface area contributed by atoms with Crippen molar-refractivity contribution in [2.75, 3.05) is 12.4 Å². The van der Waals surface area contributed by atoms with Crippen LogP contribution in [0.4, 0.5) is 0 Å². The Kier molecular flexibility index (Phi) is 4.40. The summed E-state index contributed by atoms with van der Waals surface area (Å²) in [5.41, 5.74) is 0. The van der Waals surface area contributed by atoms with E-state index in [-0.39, 0.29) is 23.1 Å². The molecule has 2 saturated heterocycles. The van der Waals surface area contributed by atoms with E-state index in [0.717, 1.165) is 6.42 Å². The highest BCUT2D eigenvalue weighted by atomic mass is 32.2. The minimum Gasteiger partial charge on any atom is -0.480 e. The van der Waals surface area contributed by atoms with Crippen molar-refractivity contribution < 1.29 is 19.4 Å². The largest absolute Gasteiger partial charge is 0.480 e. The molecule has 6 heteroatoms. The number of nitrogens with zero attached hydrogens (tertiary/aromatic N) is 1. The molecule has 2 aliphatic rings. The molecule has 0 saturated carbocycles. The predicted molar refractivity (Wildman–Crippen MR) is 72.9 cm³/mol. The van der Waals surface area contributed by atoms with Crippen LogP contribution in [0, 0.1) is 11.8 Å². The average Bonchev–Trinajstić information content (AvgIpc) is 2.93. The van der Waals surface area contributed by atoms with Gasteiger partial charge in [0.15, 0.2) is 0 Å². The summed E-state index contributed by atoms with van der Waals surface area (Å²) < 4.78 is 5.50. The van der Waals surface area contributed by atoms with Crippen LogP contribution in [0.2, 0.25) is 0 Å². The molecule has 0 radical (unpaired) electrons. The molecule has 0 spiro atoms. The van der Waals surface area contributed by atoms with Crippen LogP contribution >= 0.6 is 11.8 Å². The Hall–Kier alpha value is -0.750. The van der Waals surface area contributed by atoms with Crippen molar-refractivity contribution >= 4 is 23.6 Å². The van der Waals surface area contributed by atoms with Gasteiger partial charge in [0.1, 0.15) is 12.1 Å². The monoisotopic (exact) mass is 287 g/mol. The van der Waals surface area contributed by atoms with Crippen molar-refractivity contribution in [2.24, 2.45) is 11.8 Å². The van der Waals surface area contributed by atoms with E-state index in [0.29, 0.717) is 12.4 Å². The lowest BCUT2D eigenvalue weighted by atomic mass is 10.0. The van der Waals surface area contributed by atoms with Crippen molar-refractivity contribution in [3.8, 4) is 0 Å². The summed E-state index contributed by atoms with van der Waals surface area (Å²) in [6, 6.07) is -0.721. The van der Waals surface area contributed by atoms with Gasteiger partial charge in [-0.3, -0.25) is 4.79 Å². The van der Waals surface area contributed by atoms with E-state index < -0.39 is 18.1 Å². The van der Waals surface area contributed by atoms with E-state index in [4.69, 9.17) is 4.74 Å². The fraction of sp³-hybridized carbons (Fsp3) is 0.846. The topological polar surface area (TPSA) is 66.8 Å². The Bertz CT molecular complexity index is 374. The van der Waals surface area contributed by atoms with Gasteiger partial charge in [0.05, 0.1) is 5.37 Å². The highest BCUT2D eigenvalue weighted by molar-refractivity contribution is 8.00. The molecular formula is C13H21NO4S. The molecule has 19 heavy (non-hydrogen) atoms. The number of amides is 1. The molecular weight excluding hydrogens is 266 g/mol. The van der Waals surface area contributed by atoms with Gasteiger partial charge in [0.25, 0.3) is 5.91 Å². The van der Waals surface area contributed by atoms with Crippen molar-refractivity contribution in [3.05, 3.63) is 0 Å². The molecule has 0 aliphatic carbocycles. The predicted octanol–water partition coefficient (Wildman–Crippen LogP) is 1.42. The number of ether oxygens (including phenoxy) is 1. The summed E-state index contributed by atoms with van der Waals surface area (Å²) in [4.78, 5) is 25.5. The van der Waals surface area contributed by atoms with Crippen LogP contribution in [-0.2, 0) is 14.3 Å². The first-order valence-electron chi connectivity index (χ1n) is 6.71. The van der Waals surface area contributed by atoms with Gasteiger partial charge >= 0.3 is 5.97 Å². The van der Waals surface area contributed by atoms with Crippen molar-refractivity contribution in [1.29, 1.82) is 0 Å². The van der Waals surface area contributed by atoms with Gasteiger partial charge in [0, 0.05) is 12.4 Å². The van der Waals surface area contributed by atoms with Crippen molar-refractivity contribution in [3.63, 3.8) is 0 Å². The number of hydrogen-bond acceptors (Lipinski definition) is 4. The lowest BCUT2D eigenvalue weighted by Gasteiger charge is -2.32. The summed E-state index contributed by atoms with van der Waals surface area (Å²) >= 11 is 1.55. The molecule has 4 atom stereocenters. The smallest absolute Gasteiger partial charge is 0.327 e. The zero-order chi connectivity index (χ0) is 14.2. The highest BCUT2D eigenvalue weighted by Gasteiger charge is 2.46. The van der Waals surface area contributed by atoms with E-state index in [1.54, 1.807) is 16.7 Å². The second-order valence-corrected chi connectivity index (χ2v) is 6.77. The number of hydrogen-bond donors (Lipinski definition) is 1. The maximum Gasteiger partial charge on any atom is 0.327 e. The number of carboxylic acid groups (broad SMARTS) is 1. The Morgan fingerprint density at radius 1 is 1.42 bits per heavy atom. The number of carbonyl (C=O) groups is 2. The average molecular weight is 287 g/mol. The third-order valence-electron chi connectivity index (χ3n) is 3.78. The van der Waals surface area contributed by atoms with E-state index >= 15 is 0 Å². The summed E-state index contributed by atoms with van der Waals surface area (Å²) in [5.74, 6) is -0.212. The molecule has 0 aromatic carbocycles. The second-order valence-electron chi connectivity index (χ2n) is 5.62. The van der Waals surface area contributed by atoms with Crippen LogP contribution in [0.3, 0.4) is 0 Å². The molecule has 1 amide bonds. The minimum absolute atomic E-state index is 0.0648. The van der Waals surface area contributed by atoms with Gasteiger partial charge in [-0.1, -0.05) is 20.8 Å². The Labute approximate surface area is 117 Å². The molecule has 0 bridgehead atoms. The molecule has 2 aliphatic heterocycles. The van der Waals surface area contributed by atoms with Crippen molar-refractivity contribution in [2.45, 2.75) is 44.7 Å². The third kappa shape index (κ3) is 2.74. The third-order valence-corrected chi connectivity index (χ3v) is 5.40. The van der Waals surface area contributed by atoms with Gasteiger partial charge < -0.3 is 14.7 Å².